The van der Waals surface area contributed by atoms with Crippen LogP contribution in [0.5, 0.6) is 0 Å². The number of benzene rings is 1. The summed E-state index contributed by atoms with van der Waals surface area (Å²) in [5.74, 6) is 0.931. The van der Waals surface area contributed by atoms with Gasteiger partial charge in [0.05, 0.1) is 13.2 Å². The maximum absolute atomic E-state index is 12.7. The molecule has 2 aliphatic heterocycles. The van der Waals surface area contributed by atoms with E-state index in [2.05, 4.69) is 22.3 Å². The summed E-state index contributed by atoms with van der Waals surface area (Å²) >= 11 is 0. The third-order valence-corrected chi connectivity index (χ3v) is 5.19. The zero-order valence-electron chi connectivity index (χ0n) is 15.5. The fourth-order valence-electron chi connectivity index (χ4n) is 3.59. The summed E-state index contributed by atoms with van der Waals surface area (Å²) in [5, 5.41) is 3.21. The van der Waals surface area contributed by atoms with Crippen LogP contribution in [-0.4, -0.2) is 63.8 Å². The van der Waals surface area contributed by atoms with Gasteiger partial charge in [-0.3, -0.25) is 4.79 Å². The first-order valence-electron chi connectivity index (χ1n) is 9.14. The van der Waals surface area contributed by atoms with Crippen molar-refractivity contribution in [3.8, 4) is 0 Å². The van der Waals surface area contributed by atoms with Crippen LogP contribution in [-0.2, 0) is 4.74 Å². The lowest BCUT2D eigenvalue weighted by Gasteiger charge is -2.32. The van der Waals surface area contributed by atoms with Gasteiger partial charge in [-0.2, -0.15) is 0 Å². The van der Waals surface area contributed by atoms with Gasteiger partial charge in [0.1, 0.15) is 0 Å². The number of amides is 1. The lowest BCUT2D eigenvalue weighted by atomic mass is 9.93. The number of nitrogens with one attached hydrogen (secondary N) is 1. The summed E-state index contributed by atoms with van der Waals surface area (Å²) in [5.41, 5.74) is 1.99. The van der Waals surface area contributed by atoms with Gasteiger partial charge in [0, 0.05) is 37.4 Å². The van der Waals surface area contributed by atoms with Crippen molar-refractivity contribution in [2.24, 2.45) is 5.92 Å². The van der Waals surface area contributed by atoms with E-state index < -0.39 is 0 Å². The number of anilines is 1. The molecule has 0 unspecified atom stereocenters. The van der Waals surface area contributed by atoms with Crippen molar-refractivity contribution in [1.82, 2.24) is 10.2 Å². The maximum atomic E-state index is 12.7. The van der Waals surface area contributed by atoms with Crippen LogP contribution in [0.15, 0.2) is 24.3 Å². The van der Waals surface area contributed by atoms with Gasteiger partial charge >= 0.3 is 0 Å². The number of carbonyl (C=O) groups excluding carboxylic acids is 1. The quantitative estimate of drug-likeness (QED) is 0.820. The Labute approximate surface area is 169 Å². The molecule has 7 heteroatoms. The van der Waals surface area contributed by atoms with Crippen LogP contribution < -0.4 is 10.2 Å². The molecule has 2 saturated heterocycles. The van der Waals surface area contributed by atoms with Gasteiger partial charge in [0.25, 0.3) is 5.91 Å². The molecule has 2 fully saturated rings. The Morgan fingerprint density at radius 2 is 1.69 bits per heavy atom. The summed E-state index contributed by atoms with van der Waals surface area (Å²) in [6.07, 6.45) is 3.46. The van der Waals surface area contributed by atoms with E-state index in [0.29, 0.717) is 0 Å². The van der Waals surface area contributed by atoms with E-state index in [1.165, 1.54) is 12.1 Å². The van der Waals surface area contributed by atoms with E-state index in [9.17, 15) is 4.79 Å². The molecule has 0 aromatic heterocycles. The molecular formula is C19H31Cl2N3O2. The Morgan fingerprint density at radius 3 is 2.27 bits per heavy atom. The highest BCUT2D eigenvalue weighted by Crippen LogP contribution is 2.22. The smallest absolute Gasteiger partial charge is 0.253 e. The number of nitrogens with zero attached hydrogens (tertiary/aromatic N) is 2. The normalized spacial score (nSPS) is 18.0. The predicted molar refractivity (Wildman–Crippen MR) is 111 cm³/mol. The van der Waals surface area contributed by atoms with Crippen LogP contribution in [0.25, 0.3) is 0 Å². The monoisotopic (exact) mass is 403 g/mol. The molecule has 2 heterocycles. The average Bonchev–Trinajstić information content (AvgIpc) is 2.67. The second-order valence-electron chi connectivity index (χ2n) is 6.77. The van der Waals surface area contributed by atoms with Crippen molar-refractivity contribution in [3.63, 3.8) is 0 Å². The van der Waals surface area contributed by atoms with E-state index >= 15 is 0 Å². The third kappa shape index (κ3) is 6.02. The van der Waals surface area contributed by atoms with E-state index in [0.717, 1.165) is 70.3 Å². The standard InChI is InChI=1S/C19H29N3O2.2ClH/c1-20-9-6-16-7-10-22(11-8-16)19(23)17-2-4-18(5-3-17)21-12-14-24-15-13-21;;/h2-5,16,20H,6-15H2,1H3;2*1H. The average molecular weight is 404 g/mol. The SMILES string of the molecule is CNCCC1CCN(C(=O)c2ccc(N3CCOCC3)cc2)CC1.Cl.Cl. The first-order chi connectivity index (χ1) is 11.8. The number of morpholine rings is 1. The van der Waals surface area contributed by atoms with Crippen molar-refractivity contribution in [2.45, 2.75) is 19.3 Å². The number of halogens is 2. The van der Waals surface area contributed by atoms with E-state index in [1.54, 1.807) is 0 Å². The lowest BCUT2D eigenvalue weighted by Crippen LogP contribution is -2.39. The molecule has 0 saturated carbocycles. The first-order valence-corrected chi connectivity index (χ1v) is 9.14. The number of likely N-dealkylation sites (tertiary alicyclic amines) is 1. The van der Waals surface area contributed by atoms with Gasteiger partial charge < -0.3 is 19.9 Å². The second-order valence-corrected chi connectivity index (χ2v) is 6.77. The largest absolute Gasteiger partial charge is 0.378 e. The number of hydrogen-bond acceptors (Lipinski definition) is 4. The number of ether oxygens (including phenoxy) is 1. The van der Waals surface area contributed by atoms with Gasteiger partial charge in [-0.05, 0) is 63.0 Å². The van der Waals surface area contributed by atoms with Crippen LogP contribution in [0.2, 0.25) is 0 Å². The highest BCUT2D eigenvalue weighted by Gasteiger charge is 2.23. The van der Waals surface area contributed by atoms with Crippen LogP contribution in [0.3, 0.4) is 0 Å². The molecule has 148 valence electrons. The van der Waals surface area contributed by atoms with Crippen LogP contribution in [0.1, 0.15) is 29.6 Å². The molecule has 2 aliphatic rings. The Hall–Kier alpha value is -1.01. The molecule has 1 aromatic carbocycles. The Balaban J connectivity index is 0.00000169. The van der Waals surface area contributed by atoms with E-state index in [-0.39, 0.29) is 30.7 Å². The molecule has 3 rings (SSSR count). The minimum Gasteiger partial charge on any atom is -0.378 e. The van der Waals surface area contributed by atoms with Crippen LogP contribution in [0, 0.1) is 5.92 Å². The van der Waals surface area contributed by atoms with Crippen LogP contribution >= 0.6 is 24.8 Å². The molecular weight excluding hydrogens is 373 g/mol. The molecule has 0 aliphatic carbocycles. The van der Waals surface area contributed by atoms with Crippen LogP contribution in [0.4, 0.5) is 5.69 Å². The molecule has 1 aromatic rings. The van der Waals surface area contributed by atoms with Crippen molar-refractivity contribution in [3.05, 3.63) is 29.8 Å². The molecule has 0 radical (unpaired) electrons. The van der Waals surface area contributed by atoms with E-state index in [4.69, 9.17) is 4.74 Å². The molecule has 0 atom stereocenters. The highest BCUT2D eigenvalue weighted by molar-refractivity contribution is 5.94. The summed E-state index contributed by atoms with van der Waals surface area (Å²) in [7, 11) is 2.00. The van der Waals surface area contributed by atoms with Crippen molar-refractivity contribution >= 4 is 36.4 Å². The summed E-state index contributed by atoms with van der Waals surface area (Å²) in [6, 6.07) is 8.08. The molecule has 1 amide bonds. The zero-order valence-corrected chi connectivity index (χ0v) is 17.1. The van der Waals surface area contributed by atoms with Gasteiger partial charge in [-0.1, -0.05) is 0 Å². The zero-order chi connectivity index (χ0) is 16.8. The Morgan fingerprint density at radius 1 is 1.08 bits per heavy atom. The van der Waals surface area contributed by atoms with Crippen molar-refractivity contribution in [2.75, 3.05) is 57.9 Å². The van der Waals surface area contributed by atoms with Gasteiger partial charge in [0.15, 0.2) is 0 Å². The molecule has 1 N–H and O–H groups in total. The molecule has 0 spiro atoms. The topological polar surface area (TPSA) is 44.8 Å². The number of rotatable bonds is 5. The van der Waals surface area contributed by atoms with Gasteiger partial charge in [-0.25, -0.2) is 0 Å². The fraction of sp³-hybridized carbons (Fsp3) is 0.632. The highest BCUT2D eigenvalue weighted by atomic mass is 35.5. The molecule has 5 nitrogen and oxygen atoms in total. The second kappa shape index (κ2) is 11.7. The predicted octanol–water partition coefficient (Wildman–Crippen LogP) is 2.83. The van der Waals surface area contributed by atoms with Gasteiger partial charge in [0.2, 0.25) is 0 Å². The summed E-state index contributed by atoms with van der Waals surface area (Å²) < 4.78 is 5.39. The minimum atomic E-state index is 0. The lowest BCUT2D eigenvalue weighted by molar-refractivity contribution is 0.0687. The van der Waals surface area contributed by atoms with E-state index in [1.807, 2.05) is 24.1 Å². The molecule has 26 heavy (non-hydrogen) atoms. The number of carbonyl (C=O) groups is 1. The van der Waals surface area contributed by atoms with Crippen molar-refractivity contribution < 1.29 is 9.53 Å². The Kier molecular flexibility index (Phi) is 10.3. The summed E-state index contributed by atoms with van der Waals surface area (Å²) in [4.78, 5) is 17.0. The summed E-state index contributed by atoms with van der Waals surface area (Å²) in [6.45, 7) is 6.26. The number of hydrogen-bond donors (Lipinski definition) is 1. The maximum Gasteiger partial charge on any atom is 0.253 e. The van der Waals surface area contributed by atoms with Crippen molar-refractivity contribution in [1.29, 1.82) is 0 Å². The number of piperidine rings is 1. The fourth-order valence-corrected chi connectivity index (χ4v) is 3.59. The Bertz CT molecular complexity index is 528. The molecule has 0 bridgehead atoms. The first kappa shape index (κ1) is 23.0. The van der Waals surface area contributed by atoms with Gasteiger partial charge in [-0.15, -0.1) is 24.8 Å². The minimum absolute atomic E-state index is 0. The third-order valence-electron chi connectivity index (χ3n) is 5.19.